The summed E-state index contributed by atoms with van der Waals surface area (Å²) >= 11 is 0. The molecule has 0 atom stereocenters. The Morgan fingerprint density at radius 2 is 1.42 bits per heavy atom. The fraction of sp³-hybridized carbons (Fsp3) is 0.167. The molecule has 2 N–H and O–H groups in total. The summed E-state index contributed by atoms with van der Waals surface area (Å²) in [7, 11) is 0. The molecule has 2 aromatic rings. The van der Waals surface area contributed by atoms with Crippen molar-refractivity contribution in [1.82, 2.24) is 0 Å². The number of hydrogen-bond acceptors (Lipinski definition) is 3. The van der Waals surface area contributed by atoms with Crippen LogP contribution in [0.15, 0.2) is 48.5 Å². The molecule has 2 amide bonds. The third kappa shape index (κ3) is 5.44. The van der Waals surface area contributed by atoms with Gasteiger partial charge in [-0.15, -0.1) is 0 Å². The summed E-state index contributed by atoms with van der Waals surface area (Å²) in [6.45, 7) is 1.38. The van der Waals surface area contributed by atoms with Gasteiger partial charge in [-0.25, -0.2) is 0 Å². The van der Waals surface area contributed by atoms with E-state index in [1.54, 1.807) is 18.2 Å². The first-order valence-electron chi connectivity index (χ1n) is 7.53. The first-order chi connectivity index (χ1) is 12.1. The molecule has 0 saturated carbocycles. The Morgan fingerprint density at radius 1 is 0.885 bits per heavy atom. The van der Waals surface area contributed by atoms with Crippen LogP contribution in [0.1, 0.15) is 29.3 Å². The number of benzene rings is 2. The summed E-state index contributed by atoms with van der Waals surface area (Å²) in [6, 6.07) is 10.3. The van der Waals surface area contributed by atoms with Crippen LogP contribution in [0.2, 0.25) is 0 Å². The summed E-state index contributed by atoms with van der Waals surface area (Å²) in [5, 5.41) is 4.70. The largest absolute Gasteiger partial charge is 0.416 e. The van der Waals surface area contributed by atoms with E-state index in [0.717, 1.165) is 18.2 Å². The van der Waals surface area contributed by atoms with Crippen molar-refractivity contribution in [3.8, 4) is 0 Å². The van der Waals surface area contributed by atoms with Crippen LogP contribution in [0.3, 0.4) is 0 Å². The van der Waals surface area contributed by atoms with Gasteiger partial charge in [0, 0.05) is 16.9 Å². The molecule has 0 unspecified atom stereocenters. The van der Waals surface area contributed by atoms with Crippen LogP contribution in [0.5, 0.6) is 0 Å². The minimum Gasteiger partial charge on any atom is -0.326 e. The summed E-state index contributed by atoms with van der Waals surface area (Å²) in [6.07, 6.45) is -5.11. The molecular weight excluding hydrogens is 349 g/mol. The van der Waals surface area contributed by atoms with Crippen molar-refractivity contribution in [2.75, 3.05) is 10.6 Å². The Morgan fingerprint density at radius 3 is 1.96 bits per heavy atom. The third-order valence-corrected chi connectivity index (χ3v) is 3.35. The van der Waals surface area contributed by atoms with E-state index in [2.05, 4.69) is 10.6 Å². The van der Waals surface area contributed by atoms with Gasteiger partial charge in [0.1, 0.15) is 6.42 Å². The number of halogens is 3. The lowest BCUT2D eigenvalue weighted by Crippen LogP contribution is -2.21. The molecule has 0 radical (unpaired) electrons. The molecule has 0 aliphatic carbocycles. The Hall–Kier alpha value is -3.16. The lowest BCUT2D eigenvalue weighted by Gasteiger charge is -2.10. The molecule has 0 saturated heterocycles. The summed E-state index contributed by atoms with van der Waals surface area (Å²) in [4.78, 5) is 35.0. The van der Waals surface area contributed by atoms with Gasteiger partial charge in [-0.05, 0) is 37.3 Å². The Kier molecular flexibility index (Phi) is 5.76. The fourth-order valence-corrected chi connectivity index (χ4v) is 2.15. The van der Waals surface area contributed by atoms with Gasteiger partial charge in [0.25, 0.3) is 0 Å². The van der Waals surface area contributed by atoms with E-state index < -0.39 is 30.0 Å². The second-order valence-corrected chi connectivity index (χ2v) is 5.49. The average Bonchev–Trinajstić information content (AvgIpc) is 2.54. The highest BCUT2D eigenvalue weighted by molar-refractivity contribution is 6.08. The highest BCUT2D eigenvalue weighted by Gasteiger charge is 2.30. The zero-order chi connectivity index (χ0) is 19.3. The zero-order valence-corrected chi connectivity index (χ0v) is 13.7. The van der Waals surface area contributed by atoms with Crippen LogP contribution in [0.4, 0.5) is 24.5 Å². The normalized spacial score (nSPS) is 10.9. The fourth-order valence-electron chi connectivity index (χ4n) is 2.15. The molecule has 0 heterocycles. The van der Waals surface area contributed by atoms with Crippen molar-refractivity contribution < 1.29 is 27.6 Å². The summed E-state index contributed by atoms with van der Waals surface area (Å²) in [5.41, 5.74) is -0.220. The second-order valence-electron chi connectivity index (χ2n) is 5.49. The van der Waals surface area contributed by atoms with Gasteiger partial charge in [-0.3, -0.25) is 14.4 Å². The smallest absolute Gasteiger partial charge is 0.326 e. The maximum Gasteiger partial charge on any atom is 0.416 e. The summed E-state index contributed by atoms with van der Waals surface area (Å²) < 4.78 is 37.9. The van der Waals surface area contributed by atoms with Crippen molar-refractivity contribution in [3.63, 3.8) is 0 Å². The molecule has 2 aromatic carbocycles. The average molecular weight is 364 g/mol. The quantitative estimate of drug-likeness (QED) is 0.625. The molecule has 2 rings (SSSR count). The van der Waals surface area contributed by atoms with Gasteiger partial charge in [0.15, 0.2) is 5.78 Å². The Labute approximate surface area is 147 Å². The van der Waals surface area contributed by atoms with E-state index in [4.69, 9.17) is 0 Å². The first kappa shape index (κ1) is 19.2. The number of ketones is 1. The summed E-state index contributed by atoms with van der Waals surface area (Å²) in [5.74, 6) is -1.59. The SMILES string of the molecule is CC(=O)c1cccc(NC(=O)CC(=O)Nc2cccc(C(F)(F)F)c2)c1. The number of amides is 2. The molecule has 0 spiro atoms. The second kappa shape index (κ2) is 7.81. The van der Waals surface area contributed by atoms with Gasteiger partial charge >= 0.3 is 6.18 Å². The van der Waals surface area contributed by atoms with Gasteiger partial charge in [-0.2, -0.15) is 13.2 Å². The van der Waals surface area contributed by atoms with Gasteiger partial charge < -0.3 is 10.6 Å². The number of rotatable bonds is 5. The lowest BCUT2D eigenvalue weighted by atomic mass is 10.1. The van der Waals surface area contributed by atoms with Crippen molar-refractivity contribution in [2.45, 2.75) is 19.5 Å². The van der Waals surface area contributed by atoms with Crippen LogP contribution >= 0.6 is 0 Å². The third-order valence-electron chi connectivity index (χ3n) is 3.35. The van der Waals surface area contributed by atoms with Crippen molar-refractivity contribution in [1.29, 1.82) is 0 Å². The minimum atomic E-state index is -4.53. The number of carbonyl (C=O) groups excluding carboxylic acids is 3. The van der Waals surface area contributed by atoms with E-state index in [-0.39, 0.29) is 11.5 Å². The number of carbonyl (C=O) groups is 3. The molecule has 0 fully saturated rings. The van der Waals surface area contributed by atoms with Crippen LogP contribution in [-0.2, 0) is 15.8 Å². The van der Waals surface area contributed by atoms with E-state index in [9.17, 15) is 27.6 Å². The molecule has 0 aliphatic rings. The van der Waals surface area contributed by atoms with Crippen molar-refractivity contribution in [3.05, 3.63) is 59.7 Å². The van der Waals surface area contributed by atoms with E-state index in [1.807, 2.05) is 0 Å². The molecular formula is C18H15F3N2O3. The van der Waals surface area contributed by atoms with Crippen LogP contribution in [-0.4, -0.2) is 17.6 Å². The lowest BCUT2D eigenvalue weighted by molar-refractivity contribution is -0.137. The van der Waals surface area contributed by atoms with E-state index >= 15 is 0 Å². The Bertz CT molecular complexity index is 848. The number of anilines is 2. The Balaban J connectivity index is 1.96. The minimum absolute atomic E-state index is 0.0591. The predicted molar refractivity (Wildman–Crippen MR) is 89.8 cm³/mol. The molecule has 0 aliphatic heterocycles. The van der Waals surface area contributed by atoms with E-state index in [0.29, 0.717) is 11.3 Å². The molecule has 0 bridgehead atoms. The van der Waals surface area contributed by atoms with Crippen LogP contribution < -0.4 is 10.6 Å². The highest BCUT2D eigenvalue weighted by Crippen LogP contribution is 2.30. The topological polar surface area (TPSA) is 75.3 Å². The number of alkyl halides is 3. The van der Waals surface area contributed by atoms with Crippen molar-refractivity contribution >= 4 is 29.0 Å². The van der Waals surface area contributed by atoms with Gasteiger partial charge in [0.2, 0.25) is 11.8 Å². The predicted octanol–water partition coefficient (Wildman–Crippen LogP) is 3.88. The molecule has 26 heavy (non-hydrogen) atoms. The number of Topliss-reactive ketones (excluding diaryl/α,β-unsaturated/α-hetero) is 1. The first-order valence-corrected chi connectivity index (χ1v) is 7.53. The zero-order valence-electron chi connectivity index (χ0n) is 13.7. The van der Waals surface area contributed by atoms with Gasteiger partial charge in [0.05, 0.1) is 5.56 Å². The highest BCUT2D eigenvalue weighted by atomic mass is 19.4. The maximum absolute atomic E-state index is 12.6. The van der Waals surface area contributed by atoms with Crippen LogP contribution in [0.25, 0.3) is 0 Å². The molecule has 8 heteroatoms. The molecule has 136 valence electrons. The maximum atomic E-state index is 12.6. The molecule has 5 nitrogen and oxygen atoms in total. The monoisotopic (exact) mass is 364 g/mol. The van der Waals surface area contributed by atoms with E-state index in [1.165, 1.54) is 19.1 Å². The standard InChI is InChI=1S/C18H15F3N2O3/c1-11(24)12-4-2-6-14(8-12)22-16(25)10-17(26)23-15-7-3-5-13(9-15)18(19,20)21/h2-9H,10H2,1H3,(H,22,25)(H,23,26). The number of nitrogens with one attached hydrogen (secondary N) is 2. The number of hydrogen-bond donors (Lipinski definition) is 2. The van der Waals surface area contributed by atoms with Crippen molar-refractivity contribution in [2.24, 2.45) is 0 Å². The van der Waals surface area contributed by atoms with Crippen LogP contribution in [0, 0.1) is 0 Å². The van der Waals surface area contributed by atoms with Gasteiger partial charge in [-0.1, -0.05) is 18.2 Å². The molecule has 0 aromatic heterocycles.